The van der Waals surface area contributed by atoms with Gasteiger partial charge in [-0.2, -0.15) is 0 Å². The van der Waals surface area contributed by atoms with Crippen LogP contribution < -0.4 is 4.72 Å². The van der Waals surface area contributed by atoms with Gasteiger partial charge in [-0.05, 0) is 24.1 Å². The van der Waals surface area contributed by atoms with Gasteiger partial charge >= 0.3 is 0 Å². The Morgan fingerprint density at radius 1 is 1.26 bits per heavy atom. The van der Waals surface area contributed by atoms with Crippen LogP contribution in [0.2, 0.25) is 0 Å². The first kappa shape index (κ1) is 16.4. The number of alkyl halides is 1. The molecule has 1 rings (SSSR count). The fraction of sp³-hybridized carbons (Fsp3) is 0.538. The molecule has 0 saturated carbocycles. The summed E-state index contributed by atoms with van der Waals surface area (Å²) < 4.78 is 26.6. The van der Waals surface area contributed by atoms with E-state index in [9.17, 15) is 8.42 Å². The van der Waals surface area contributed by atoms with Crippen LogP contribution in [0.15, 0.2) is 29.2 Å². The van der Waals surface area contributed by atoms with Gasteiger partial charge in [0.2, 0.25) is 10.0 Å². The van der Waals surface area contributed by atoms with Crippen molar-refractivity contribution in [1.29, 1.82) is 0 Å². The van der Waals surface area contributed by atoms with Crippen LogP contribution in [0, 0.1) is 5.41 Å². The first-order valence-electron chi connectivity index (χ1n) is 6.06. The zero-order valence-electron chi connectivity index (χ0n) is 11.2. The van der Waals surface area contributed by atoms with Crippen molar-refractivity contribution in [2.24, 2.45) is 5.41 Å². The molecule has 0 aliphatic heterocycles. The van der Waals surface area contributed by atoms with Gasteiger partial charge in [0, 0.05) is 24.4 Å². The fourth-order valence-electron chi connectivity index (χ4n) is 1.37. The largest absolute Gasteiger partial charge is 0.396 e. The minimum Gasteiger partial charge on any atom is -0.396 e. The average Bonchev–Trinajstić information content (AvgIpc) is 2.38. The van der Waals surface area contributed by atoms with Crippen molar-refractivity contribution in [2.45, 2.75) is 25.2 Å². The van der Waals surface area contributed by atoms with Crippen molar-refractivity contribution in [1.82, 2.24) is 4.72 Å². The van der Waals surface area contributed by atoms with Crippen LogP contribution in [0.1, 0.15) is 19.4 Å². The number of aliphatic hydroxyl groups excluding tert-OH is 1. The molecule has 0 bridgehead atoms. The van der Waals surface area contributed by atoms with Gasteiger partial charge in [0.25, 0.3) is 0 Å². The van der Waals surface area contributed by atoms with E-state index in [0.717, 1.165) is 5.56 Å². The molecule has 1 aromatic rings. The number of nitrogens with one attached hydrogen (secondary N) is 1. The van der Waals surface area contributed by atoms with Gasteiger partial charge in [-0.3, -0.25) is 0 Å². The SMILES string of the molecule is CC(C)(CO)CNS(=O)(=O)c1ccc(CCCl)cc1. The molecule has 0 fully saturated rings. The highest BCUT2D eigenvalue weighted by Crippen LogP contribution is 2.15. The number of aryl methyl sites for hydroxylation is 1. The fourth-order valence-corrected chi connectivity index (χ4v) is 2.83. The summed E-state index contributed by atoms with van der Waals surface area (Å²) in [7, 11) is -3.53. The lowest BCUT2D eigenvalue weighted by atomic mass is 9.96. The van der Waals surface area contributed by atoms with Crippen LogP contribution in [-0.2, 0) is 16.4 Å². The third-order valence-electron chi connectivity index (χ3n) is 2.79. The van der Waals surface area contributed by atoms with Gasteiger partial charge in [-0.25, -0.2) is 13.1 Å². The predicted molar refractivity (Wildman–Crippen MR) is 76.9 cm³/mol. The number of aliphatic hydroxyl groups is 1. The van der Waals surface area contributed by atoms with E-state index in [0.29, 0.717) is 12.3 Å². The molecule has 0 atom stereocenters. The molecule has 4 nitrogen and oxygen atoms in total. The maximum Gasteiger partial charge on any atom is 0.240 e. The third-order valence-corrected chi connectivity index (χ3v) is 4.39. The molecule has 0 aliphatic carbocycles. The number of hydrogen-bond donors (Lipinski definition) is 2. The van der Waals surface area contributed by atoms with E-state index in [2.05, 4.69) is 4.72 Å². The molecule has 19 heavy (non-hydrogen) atoms. The van der Waals surface area contributed by atoms with E-state index < -0.39 is 15.4 Å². The zero-order valence-corrected chi connectivity index (χ0v) is 12.8. The Morgan fingerprint density at radius 2 is 1.84 bits per heavy atom. The lowest BCUT2D eigenvalue weighted by Gasteiger charge is -2.21. The van der Waals surface area contributed by atoms with Gasteiger partial charge < -0.3 is 5.11 Å². The Labute approximate surface area is 119 Å². The summed E-state index contributed by atoms with van der Waals surface area (Å²) in [5, 5.41) is 9.11. The molecule has 1 aromatic carbocycles. The molecule has 108 valence electrons. The van der Waals surface area contributed by atoms with Crippen LogP contribution in [-0.4, -0.2) is 32.6 Å². The first-order valence-corrected chi connectivity index (χ1v) is 8.08. The Balaban J connectivity index is 2.77. The summed E-state index contributed by atoms with van der Waals surface area (Å²) >= 11 is 5.63. The summed E-state index contributed by atoms with van der Waals surface area (Å²) in [4.78, 5) is 0.222. The van der Waals surface area contributed by atoms with Crippen molar-refractivity contribution in [3.63, 3.8) is 0 Å². The van der Waals surface area contributed by atoms with Crippen LogP contribution in [0.3, 0.4) is 0 Å². The lowest BCUT2D eigenvalue weighted by molar-refractivity contribution is 0.163. The summed E-state index contributed by atoms with van der Waals surface area (Å²) in [6, 6.07) is 6.65. The minimum absolute atomic E-state index is 0.0792. The molecule has 6 heteroatoms. The molecule has 0 amide bonds. The molecule has 0 radical (unpaired) electrons. The Kier molecular flexibility index (Phi) is 5.80. The molecule has 0 unspecified atom stereocenters. The topological polar surface area (TPSA) is 66.4 Å². The minimum atomic E-state index is -3.53. The van der Waals surface area contributed by atoms with Gasteiger partial charge in [0.05, 0.1) is 4.90 Å². The van der Waals surface area contributed by atoms with Gasteiger partial charge in [0.15, 0.2) is 0 Å². The zero-order chi connectivity index (χ0) is 14.5. The predicted octanol–water partition coefficient (Wildman–Crippen LogP) is 1.76. The van der Waals surface area contributed by atoms with Gasteiger partial charge in [-0.1, -0.05) is 26.0 Å². The summed E-state index contributed by atoms with van der Waals surface area (Å²) in [6.45, 7) is 3.69. The molecule has 0 aliphatic rings. The van der Waals surface area contributed by atoms with Crippen molar-refractivity contribution in [3.05, 3.63) is 29.8 Å². The van der Waals surface area contributed by atoms with E-state index >= 15 is 0 Å². The van der Waals surface area contributed by atoms with E-state index in [-0.39, 0.29) is 18.0 Å². The van der Waals surface area contributed by atoms with E-state index in [1.807, 2.05) is 0 Å². The average molecular weight is 306 g/mol. The highest BCUT2D eigenvalue weighted by atomic mass is 35.5. The monoisotopic (exact) mass is 305 g/mol. The summed E-state index contributed by atoms with van der Waals surface area (Å²) in [6.07, 6.45) is 0.715. The van der Waals surface area contributed by atoms with Crippen LogP contribution in [0.25, 0.3) is 0 Å². The van der Waals surface area contributed by atoms with E-state index in [1.165, 1.54) is 0 Å². The number of rotatable bonds is 7. The second kappa shape index (κ2) is 6.70. The van der Waals surface area contributed by atoms with E-state index in [1.54, 1.807) is 38.1 Å². The maximum absolute atomic E-state index is 12.0. The number of sulfonamides is 1. The number of hydrogen-bond acceptors (Lipinski definition) is 3. The second-order valence-electron chi connectivity index (χ2n) is 5.23. The van der Waals surface area contributed by atoms with Crippen LogP contribution in [0.5, 0.6) is 0 Å². The molecular weight excluding hydrogens is 286 g/mol. The first-order chi connectivity index (χ1) is 8.80. The molecule has 0 heterocycles. The number of halogens is 1. The molecular formula is C13H20ClNO3S. The highest BCUT2D eigenvalue weighted by Gasteiger charge is 2.21. The summed E-state index contributed by atoms with van der Waals surface area (Å²) in [5.74, 6) is 0.509. The number of benzene rings is 1. The molecule has 2 N–H and O–H groups in total. The Hall–Kier alpha value is -0.620. The van der Waals surface area contributed by atoms with Crippen LogP contribution in [0.4, 0.5) is 0 Å². The summed E-state index contributed by atoms with van der Waals surface area (Å²) in [5.41, 5.74) is 0.524. The third kappa shape index (κ3) is 5.10. The van der Waals surface area contributed by atoms with Crippen LogP contribution >= 0.6 is 11.6 Å². The molecule has 0 aromatic heterocycles. The highest BCUT2D eigenvalue weighted by molar-refractivity contribution is 7.89. The molecule has 0 saturated heterocycles. The lowest BCUT2D eigenvalue weighted by Crippen LogP contribution is -2.36. The standard InChI is InChI=1S/C13H20ClNO3S/c1-13(2,10-16)9-15-19(17,18)12-5-3-11(4-6-12)7-8-14/h3-6,15-16H,7-10H2,1-2H3. The van der Waals surface area contributed by atoms with Crippen molar-refractivity contribution in [2.75, 3.05) is 19.0 Å². The maximum atomic E-state index is 12.0. The molecule has 0 spiro atoms. The van der Waals surface area contributed by atoms with E-state index in [4.69, 9.17) is 16.7 Å². The normalized spacial score (nSPS) is 12.6. The quantitative estimate of drug-likeness (QED) is 0.754. The van der Waals surface area contributed by atoms with Gasteiger partial charge in [-0.15, -0.1) is 11.6 Å². The second-order valence-corrected chi connectivity index (χ2v) is 7.37. The smallest absolute Gasteiger partial charge is 0.240 e. The van der Waals surface area contributed by atoms with Gasteiger partial charge in [0.1, 0.15) is 0 Å². The van der Waals surface area contributed by atoms with Crippen molar-refractivity contribution in [3.8, 4) is 0 Å². The van der Waals surface area contributed by atoms with Crippen molar-refractivity contribution < 1.29 is 13.5 Å². The Bertz CT molecular complexity index is 497. The Morgan fingerprint density at radius 3 is 2.32 bits per heavy atom. The van der Waals surface area contributed by atoms with Crippen molar-refractivity contribution >= 4 is 21.6 Å².